The fourth-order valence-corrected chi connectivity index (χ4v) is 3.67. The Bertz CT molecular complexity index is 882. The number of phenolic OH excluding ortho intramolecular Hbond substituents is 3. The molecule has 4 rings (SSSR count). The van der Waals surface area contributed by atoms with Gasteiger partial charge < -0.3 is 24.8 Å². The van der Waals surface area contributed by atoms with Crippen LogP contribution < -0.4 is 9.47 Å². The van der Waals surface area contributed by atoms with E-state index in [1.165, 1.54) is 11.6 Å². The Hall–Kier alpha value is -2.82. The van der Waals surface area contributed by atoms with E-state index in [0.29, 0.717) is 24.5 Å². The van der Waals surface area contributed by atoms with E-state index in [2.05, 4.69) is 6.08 Å². The molecule has 2 aromatic carbocycles. The monoisotopic (exact) mass is 340 g/mol. The zero-order chi connectivity index (χ0) is 17.8. The first-order valence-corrected chi connectivity index (χ1v) is 8.23. The van der Waals surface area contributed by atoms with E-state index in [-0.39, 0.29) is 23.4 Å². The topological polar surface area (TPSA) is 79.2 Å². The fraction of sp³-hybridized carbons (Fsp3) is 0.300. The molecule has 0 aliphatic carbocycles. The summed E-state index contributed by atoms with van der Waals surface area (Å²) in [4.78, 5) is 0. The normalized spacial score (nSPS) is 22.9. The molecule has 0 bridgehead atoms. The summed E-state index contributed by atoms with van der Waals surface area (Å²) in [6.45, 7) is 4.42. The van der Waals surface area contributed by atoms with Gasteiger partial charge >= 0.3 is 0 Å². The van der Waals surface area contributed by atoms with Crippen LogP contribution in [-0.2, 0) is 5.41 Å². The Morgan fingerprint density at radius 2 is 1.88 bits per heavy atom. The largest absolute Gasteiger partial charge is 0.508 e. The summed E-state index contributed by atoms with van der Waals surface area (Å²) in [5, 5.41) is 29.6. The molecule has 2 aliphatic heterocycles. The molecule has 2 aromatic rings. The summed E-state index contributed by atoms with van der Waals surface area (Å²) >= 11 is 0. The van der Waals surface area contributed by atoms with Crippen molar-refractivity contribution in [2.75, 3.05) is 6.61 Å². The molecule has 0 amide bonds. The first-order chi connectivity index (χ1) is 11.9. The van der Waals surface area contributed by atoms with E-state index in [1.54, 1.807) is 24.3 Å². The highest BCUT2D eigenvalue weighted by atomic mass is 16.5. The minimum atomic E-state index is -0.498. The first-order valence-electron chi connectivity index (χ1n) is 8.23. The third-order valence-electron chi connectivity index (χ3n) is 5.00. The van der Waals surface area contributed by atoms with Crippen LogP contribution in [0.1, 0.15) is 37.5 Å². The van der Waals surface area contributed by atoms with Crippen LogP contribution >= 0.6 is 0 Å². The van der Waals surface area contributed by atoms with Crippen LogP contribution in [0.25, 0.3) is 0 Å². The Morgan fingerprint density at radius 3 is 2.64 bits per heavy atom. The Morgan fingerprint density at radius 1 is 1.12 bits per heavy atom. The van der Waals surface area contributed by atoms with E-state index < -0.39 is 5.41 Å². The second-order valence-electron chi connectivity index (χ2n) is 6.99. The lowest BCUT2D eigenvalue weighted by molar-refractivity contribution is 0.0724. The van der Waals surface area contributed by atoms with E-state index in [0.717, 1.165) is 11.1 Å². The lowest BCUT2D eigenvalue weighted by Crippen LogP contribution is -2.41. The number of hydrogen-bond acceptors (Lipinski definition) is 5. The molecule has 0 fully saturated rings. The molecule has 0 radical (unpaired) electrons. The number of fused-ring (bicyclic) bond motifs is 5. The van der Waals surface area contributed by atoms with Crippen molar-refractivity contribution in [2.24, 2.45) is 0 Å². The SMILES string of the molecule is CC(C)=CC[C@@]12COc3cc(O)ccc3[C@@H]1Oc1cc(O)c(O)cc12. The summed E-state index contributed by atoms with van der Waals surface area (Å²) < 4.78 is 12.2. The molecule has 0 unspecified atom stereocenters. The van der Waals surface area contributed by atoms with Crippen LogP contribution in [0.3, 0.4) is 0 Å². The number of benzene rings is 2. The highest BCUT2D eigenvalue weighted by Gasteiger charge is 2.53. The van der Waals surface area contributed by atoms with Gasteiger partial charge in [0.1, 0.15) is 30.0 Å². The fourth-order valence-electron chi connectivity index (χ4n) is 3.67. The smallest absolute Gasteiger partial charge is 0.161 e. The number of allylic oxidation sites excluding steroid dienone is 2. The summed E-state index contributed by atoms with van der Waals surface area (Å²) in [5.41, 5.74) is 2.35. The van der Waals surface area contributed by atoms with Gasteiger partial charge in [0.05, 0.1) is 5.41 Å². The van der Waals surface area contributed by atoms with Crippen molar-refractivity contribution in [1.29, 1.82) is 0 Å². The van der Waals surface area contributed by atoms with Crippen molar-refractivity contribution in [1.82, 2.24) is 0 Å². The van der Waals surface area contributed by atoms with Crippen molar-refractivity contribution < 1.29 is 24.8 Å². The van der Waals surface area contributed by atoms with Crippen molar-refractivity contribution in [3.63, 3.8) is 0 Å². The van der Waals surface area contributed by atoms with Gasteiger partial charge in [-0.15, -0.1) is 0 Å². The molecular weight excluding hydrogens is 320 g/mol. The molecule has 130 valence electrons. The number of phenols is 3. The highest BCUT2D eigenvalue weighted by Crippen LogP contribution is 2.58. The van der Waals surface area contributed by atoms with Crippen LogP contribution in [0.5, 0.6) is 28.7 Å². The van der Waals surface area contributed by atoms with Crippen LogP contribution in [0.4, 0.5) is 0 Å². The van der Waals surface area contributed by atoms with Gasteiger partial charge in [0.15, 0.2) is 11.5 Å². The zero-order valence-electron chi connectivity index (χ0n) is 14.1. The van der Waals surface area contributed by atoms with Crippen LogP contribution in [-0.4, -0.2) is 21.9 Å². The van der Waals surface area contributed by atoms with Gasteiger partial charge in [-0.05, 0) is 38.5 Å². The third-order valence-corrected chi connectivity index (χ3v) is 5.00. The quantitative estimate of drug-likeness (QED) is 0.570. The molecule has 0 aromatic heterocycles. The molecule has 25 heavy (non-hydrogen) atoms. The van der Waals surface area contributed by atoms with Gasteiger partial charge in [0.2, 0.25) is 0 Å². The minimum absolute atomic E-state index is 0.140. The maximum absolute atomic E-state index is 10.0. The maximum Gasteiger partial charge on any atom is 0.161 e. The van der Waals surface area contributed by atoms with E-state index >= 15 is 0 Å². The molecule has 0 spiro atoms. The van der Waals surface area contributed by atoms with Gasteiger partial charge in [-0.25, -0.2) is 0 Å². The summed E-state index contributed by atoms with van der Waals surface area (Å²) in [6, 6.07) is 8.02. The average molecular weight is 340 g/mol. The second kappa shape index (κ2) is 5.34. The number of hydrogen-bond donors (Lipinski definition) is 3. The standard InChI is InChI=1S/C20H20O5/c1-11(2)5-6-20-10-24-17-7-12(21)3-4-13(17)19(20)25-18-9-16(23)15(22)8-14(18)20/h3-5,7-9,19,21-23H,6,10H2,1-2H3/t19-,20-/m0/s1. The molecule has 2 atom stereocenters. The average Bonchev–Trinajstić information content (AvgIpc) is 2.87. The molecule has 0 saturated heterocycles. The van der Waals surface area contributed by atoms with Gasteiger partial charge in [0, 0.05) is 23.3 Å². The summed E-state index contributed by atoms with van der Waals surface area (Å²) in [7, 11) is 0. The molecule has 5 nitrogen and oxygen atoms in total. The predicted molar refractivity (Wildman–Crippen MR) is 92.5 cm³/mol. The molecule has 3 N–H and O–H groups in total. The van der Waals surface area contributed by atoms with Crippen molar-refractivity contribution >= 4 is 0 Å². The third kappa shape index (κ3) is 2.30. The lowest BCUT2D eigenvalue weighted by atomic mass is 9.71. The number of ether oxygens (including phenoxy) is 2. The van der Waals surface area contributed by atoms with E-state index in [4.69, 9.17) is 9.47 Å². The lowest BCUT2D eigenvalue weighted by Gasteiger charge is -2.38. The highest BCUT2D eigenvalue weighted by molar-refractivity contribution is 5.59. The second-order valence-corrected chi connectivity index (χ2v) is 6.99. The number of rotatable bonds is 2. The minimum Gasteiger partial charge on any atom is -0.508 e. The Kier molecular flexibility index (Phi) is 3.35. The molecule has 5 heteroatoms. The maximum atomic E-state index is 10.0. The van der Waals surface area contributed by atoms with Crippen LogP contribution in [0, 0.1) is 0 Å². The molecule has 0 saturated carbocycles. The molecule has 2 heterocycles. The van der Waals surface area contributed by atoms with Gasteiger partial charge in [-0.1, -0.05) is 11.6 Å². The Balaban J connectivity index is 1.90. The van der Waals surface area contributed by atoms with Crippen molar-refractivity contribution in [3.05, 3.63) is 53.1 Å². The zero-order valence-corrected chi connectivity index (χ0v) is 14.1. The van der Waals surface area contributed by atoms with E-state index in [1.807, 2.05) is 13.8 Å². The predicted octanol–water partition coefficient (Wildman–Crippen LogP) is 3.92. The first kappa shape index (κ1) is 15.7. The van der Waals surface area contributed by atoms with Gasteiger partial charge in [0.25, 0.3) is 0 Å². The Labute approximate surface area is 145 Å². The van der Waals surface area contributed by atoms with Crippen molar-refractivity contribution in [3.8, 4) is 28.7 Å². The van der Waals surface area contributed by atoms with Gasteiger partial charge in [-0.2, -0.15) is 0 Å². The summed E-state index contributed by atoms with van der Waals surface area (Å²) in [6.07, 6.45) is 2.49. The van der Waals surface area contributed by atoms with E-state index in [9.17, 15) is 15.3 Å². The van der Waals surface area contributed by atoms with Gasteiger partial charge in [-0.3, -0.25) is 0 Å². The van der Waals surface area contributed by atoms with Crippen LogP contribution in [0.15, 0.2) is 42.0 Å². The van der Waals surface area contributed by atoms with Crippen LogP contribution in [0.2, 0.25) is 0 Å². The van der Waals surface area contributed by atoms with Crippen molar-refractivity contribution in [2.45, 2.75) is 31.8 Å². The summed E-state index contributed by atoms with van der Waals surface area (Å²) in [5.74, 6) is 0.907. The molecular formula is C20H20O5. The number of aromatic hydroxyl groups is 3. The molecule has 2 aliphatic rings.